The van der Waals surface area contributed by atoms with Gasteiger partial charge in [0, 0.05) is 23.5 Å². The summed E-state index contributed by atoms with van der Waals surface area (Å²) in [5.41, 5.74) is 2.22. The molecule has 10 heteroatoms. The lowest BCUT2D eigenvalue weighted by Crippen LogP contribution is -2.31. The van der Waals surface area contributed by atoms with Gasteiger partial charge in [-0.3, -0.25) is 14.9 Å². The Kier molecular flexibility index (Phi) is 6.28. The van der Waals surface area contributed by atoms with Crippen molar-refractivity contribution in [2.24, 2.45) is 0 Å². The van der Waals surface area contributed by atoms with Gasteiger partial charge in [-0.05, 0) is 30.5 Å². The molecule has 0 fully saturated rings. The Labute approximate surface area is 186 Å². The van der Waals surface area contributed by atoms with Crippen molar-refractivity contribution in [2.75, 3.05) is 23.4 Å². The number of hydrogen-bond donors (Lipinski definition) is 2. The second kappa shape index (κ2) is 9.27. The zero-order valence-corrected chi connectivity index (χ0v) is 18.3. The molecule has 1 aromatic carbocycles. The predicted molar refractivity (Wildman–Crippen MR) is 120 cm³/mol. The molecule has 1 aliphatic heterocycles. The Morgan fingerprint density at radius 1 is 1.16 bits per heavy atom. The number of fused-ring (bicyclic) bond motifs is 1. The first-order valence-electron chi connectivity index (χ1n) is 9.70. The maximum Gasteiger partial charge on any atom is 0.414 e. The molecular weight excluding hydrogens is 436 g/mol. The van der Waals surface area contributed by atoms with E-state index in [0.717, 1.165) is 29.2 Å². The molecular formula is C21H20N4O4S2. The predicted octanol–water partition coefficient (Wildman–Crippen LogP) is 3.91. The summed E-state index contributed by atoms with van der Waals surface area (Å²) in [7, 11) is 0. The average Bonchev–Trinajstić information content (AvgIpc) is 3.40. The van der Waals surface area contributed by atoms with Gasteiger partial charge in [0.25, 0.3) is 11.8 Å². The number of carbonyl (C=O) groups excluding carboxylic acids is 3. The fourth-order valence-electron chi connectivity index (χ4n) is 3.22. The van der Waals surface area contributed by atoms with E-state index in [0.29, 0.717) is 16.6 Å². The molecule has 0 spiro atoms. The standard InChI is InChI=1S/C21H20N4O4S2/c1-2-29-21(28)24-17(26)14-9-11-30-19(14)23-18(27)20-22-15-12-25(10-8-16(15)31-20)13-6-4-3-5-7-13/h3-7,9,11H,2,8,10,12H2,1H3,(H,23,27)(H,24,26,28). The van der Waals surface area contributed by atoms with Crippen molar-refractivity contribution >= 4 is 51.3 Å². The van der Waals surface area contributed by atoms with Crippen LogP contribution < -0.4 is 15.5 Å². The van der Waals surface area contributed by atoms with Crippen molar-refractivity contribution in [1.82, 2.24) is 10.3 Å². The number of para-hydroxylation sites is 1. The van der Waals surface area contributed by atoms with Crippen LogP contribution in [0.3, 0.4) is 0 Å². The quantitative estimate of drug-likeness (QED) is 0.604. The minimum Gasteiger partial charge on any atom is -0.450 e. The van der Waals surface area contributed by atoms with E-state index >= 15 is 0 Å². The van der Waals surface area contributed by atoms with Gasteiger partial charge in [0.05, 0.1) is 24.4 Å². The molecule has 0 aliphatic carbocycles. The number of imide groups is 1. The minimum absolute atomic E-state index is 0.156. The summed E-state index contributed by atoms with van der Waals surface area (Å²) in [6, 6.07) is 11.6. The van der Waals surface area contributed by atoms with Crippen LogP contribution in [-0.4, -0.2) is 36.0 Å². The first kappa shape index (κ1) is 21.0. The van der Waals surface area contributed by atoms with Gasteiger partial charge in [-0.1, -0.05) is 18.2 Å². The smallest absolute Gasteiger partial charge is 0.414 e. The van der Waals surface area contributed by atoms with Gasteiger partial charge < -0.3 is 15.0 Å². The molecule has 2 aromatic heterocycles. The molecule has 0 saturated heterocycles. The minimum atomic E-state index is -0.827. The van der Waals surface area contributed by atoms with Crippen LogP contribution in [0.5, 0.6) is 0 Å². The zero-order chi connectivity index (χ0) is 21.8. The normalized spacial score (nSPS) is 12.7. The molecule has 0 saturated carbocycles. The van der Waals surface area contributed by atoms with Gasteiger partial charge in [-0.25, -0.2) is 9.78 Å². The highest BCUT2D eigenvalue weighted by Crippen LogP contribution is 2.29. The number of aromatic nitrogens is 1. The van der Waals surface area contributed by atoms with Gasteiger partial charge in [0.15, 0.2) is 5.01 Å². The Morgan fingerprint density at radius 2 is 1.97 bits per heavy atom. The lowest BCUT2D eigenvalue weighted by atomic mass is 10.1. The zero-order valence-electron chi connectivity index (χ0n) is 16.7. The summed E-state index contributed by atoms with van der Waals surface area (Å²) >= 11 is 2.57. The Hall–Kier alpha value is -3.24. The molecule has 0 bridgehead atoms. The van der Waals surface area contributed by atoms with Gasteiger partial charge in [0.1, 0.15) is 5.00 Å². The summed E-state index contributed by atoms with van der Waals surface area (Å²) in [5.74, 6) is -1.01. The van der Waals surface area contributed by atoms with Gasteiger partial charge >= 0.3 is 6.09 Å². The fraction of sp³-hybridized carbons (Fsp3) is 0.238. The second-order valence-electron chi connectivity index (χ2n) is 6.69. The lowest BCUT2D eigenvalue weighted by Gasteiger charge is -2.28. The van der Waals surface area contributed by atoms with Crippen LogP contribution in [0.1, 0.15) is 37.7 Å². The molecule has 3 amide bonds. The molecule has 3 aromatic rings. The van der Waals surface area contributed by atoms with Crippen LogP contribution in [0.4, 0.5) is 15.5 Å². The van der Waals surface area contributed by atoms with E-state index in [9.17, 15) is 14.4 Å². The number of alkyl carbamates (subject to hydrolysis) is 1. The van der Waals surface area contributed by atoms with Crippen LogP contribution >= 0.6 is 22.7 Å². The molecule has 3 heterocycles. The maximum absolute atomic E-state index is 12.8. The third kappa shape index (κ3) is 4.75. The summed E-state index contributed by atoms with van der Waals surface area (Å²) < 4.78 is 4.72. The molecule has 160 valence electrons. The van der Waals surface area contributed by atoms with Crippen molar-refractivity contribution in [1.29, 1.82) is 0 Å². The Morgan fingerprint density at radius 3 is 2.74 bits per heavy atom. The number of nitrogens with zero attached hydrogens (tertiary/aromatic N) is 2. The number of carbonyl (C=O) groups is 3. The van der Waals surface area contributed by atoms with E-state index in [1.54, 1.807) is 18.4 Å². The molecule has 0 atom stereocenters. The third-order valence-corrected chi connectivity index (χ3v) is 6.66. The van der Waals surface area contributed by atoms with E-state index in [2.05, 4.69) is 32.7 Å². The topological polar surface area (TPSA) is 101 Å². The van der Waals surface area contributed by atoms with Gasteiger partial charge in [-0.15, -0.1) is 22.7 Å². The number of thiazole rings is 1. The molecule has 8 nitrogen and oxygen atoms in total. The Bertz CT molecular complexity index is 1110. The molecule has 31 heavy (non-hydrogen) atoms. The van der Waals surface area contributed by atoms with Crippen LogP contribution in [0.15, 0.2) is 41.8 Å². The van der Waals surface area contributed by atoms with Crippen molar-refractivity contribution in [3.63, 3.8) is 0 Å². The number of thiophene rings is 1. The maximum atomic E-state index is 12.8. The average molecular weight is 457 g/mol. The van der Waals surface area contributed by atoms with Gasteiger partial charge in [-0.2, -0.15) is 0 Å². The third-order valence-electron chi connectivity index (χ3n) is 4.67. The lowest BCUT2D eigenvalue weighted by molar-refractivity contribution is 0.0926. The van der Waals surface area contributed by atoms with Gasteiger partial charge in [0.2, 0.25) is 0 Å². The number of amides is 3. The Balaban J connectivity index is 1.44. The first-order chi connectivity index (χ1) is 15.0. The van der Waals surface area contributed by atoms with E-state index in [1.165, 1.54) is 22.7 Å². The van der Waals surface area contributed by atoms with E-state index in [1.807, 2.05) is 18.2 Å². The summed E-state index contributed by atoms with van der Waals surface area (Å²) in [5, 5.41) is 7.25. The molecule has 0 unspecified atom stereocenters. The molecule has 4 rings (SSSR count). The highest BCUT2D eigenvalue weighted by atomic mass is 32.1. The van der Waals surface area contributed by atoms with E-state index in [4.69, 9.17) is 4.74 Å². The fourth-order valence-corrected chi connectivity index (χ4v) is 4.96. The number of anilines is 2. The SMILES string of the molecule is CCOC(=O)NC(=O)c1ccsc1NC(=O)c1nc2c(s1)CCN(c1ccccc1)C2. The number of nitrogens with one attached hydrogen (secondary N) is 2. The molecule has 0 radical (unpaired) electrons. The second-order valence-corrected chi connectivity index (χ2v) is 8.69. The summed E-state index contributed by atoms with van der Waals surface area (Å²) in [4.78, 5) is 44.5. The van der Waals surface area contributed by atoms with Crippen LogP contribution in [-0.2, 0) is 17.7 Å². The van der Waals surface area contributed by atoms with E-state index in [-0.39, 0.29) is 18.1 Å². The monoisotopic (exact) mass is 456 g/mol. The number of hydrogen-bond acceptors (Lipinski definition) is 8. The number of rotatable bonds is 5. The molecule has 2 N–H and O–H groups in total. The van der Waals surface area contributed by atoms with Crippen molar-refractivity contribution in [2.45, 2.75) is 19.9 Å². The molecule has 1 aliphatic rings. The largest absolute Gasteiger partial charge is 0.450 e. The van der Waals surface area contributed by atoms with E-state index < -0.39 is 12.0 Å². The highest BCUT2D eigenvalue weighted by molar-refractivity contribution is 7.15. The van der Waals surface area contributed by atoms with Crippen LogP contribution in [0.25, 0.3) is 0 Å². The van der Waals surface area contributed by atoms with Crippen LogP contribution in [0, 0.1) is 0 Å². The first-order valence-corrected chi connectivity index (χ1v) is 11.4. The van der Waals surface area contributed by atoms with Crippen molar-refractivity contribution < 1.29 is 19.1 Å². The highest BCUT2D eigenvalue weighted by Gasteiger charge is 2.25. The van der Waals surface area contributed by atoms with Crippen molar-refractivity contribution in [3.8, 4) is 0 Å². The summed E-state index contributed by atoms with van der Waals surface area (Å²) in [6.45, 7) is 3.31. The van der Waals surface area contributed by atoms with Crippen molar-refractivity contribution in [3.05, 3.63) is 62.9 Å². The number of benzene rings is 1. The summed E-state index contributed by atoms with van der Waals surface area (Å²) in [6.07, 6.45) is -0.00647. The number of ether oxygens (including phenoxy) is 1. The van der Waals surface area contributed by atoms with Crippen LogP contribution in [0.2, 0.25) is 0 Å².